The first-order valence-electron chi connectivity index (χ1n) is 5.14. The minimum atomic E-state index is 0.0957. The van der Waals surface area contributed by atoms with Gasteiger partial charge in [0, 0.05) is 24.6 Å². The first-order valence-corrected chi connectivity index (χ1v) is 6.02. The van der Waals surface area contributed by atoms with Crippen LogP contribution in [0.5, 0.6) is 0 Å². The van der Waals surface area contributed by atoms with Crippen molar-refractivity contribution in [3.8, 4) is 0 Å². The maximum absolute atomic E-state index is 5.22. The minimum absolute atomic E-state index is 0.0957. The molecule has 1 aromatic rings. The summed E-state index contributed by atoms with van der Waals surface area (Å²) in [5.41, 5.74) is 1.23. The predicted octanol–water partition coefficient (Wildman–Crippen LogP) is 2.74. The minimum Gasteiger partial charge on any atom is -0.375 e. The predicted molar refractivity (Wildman–Crippen MR) is 64.1 cm³/mol. The van der Waals surface area contributed by atoms with Crippen molar-refractivity contribution < 1.29 is 4.74 Å². The van der Waals surface area contributed by atoms with Gasteiger partial charge in [-0.05, 0) is 27.7 Å². The van der Waals surface area contributed by atoms with Crippen LogP contribution in [0.1, 0.15) is 44.5 Å². The number of thiazole rings is 1. The molecule has 0 radical (unpaired) electrons. The Kier molecular flexibility index (Phi) is 4.25. The van der Waals surface area contributed by atoms with Crippen LogP contribution in [-0.4, -0.2) is 17.6 Å². The molecule has 15 heavy (non-hydrogen) atoms. The smallest absolute Gasteiger partial charge is 0.122 e. The number of hydrogen-bond donors (Lipinski definition) is 1. The van der Waals surface area contributed by atoms with Crippen molar-refractivity contribution in [3.63, 3.8) is 0 Å². The summed E-state index contributed by atoms with van der Waals surface area (Å²) in [6, 6.07) is 0. The summed E-state index contributed by atoms with van der Waals surface area (Å²) in [7, 11) is 1.71. The van der Waals surface area contributed by atoms with Crippen LogP contribution in [0.2, 0.25) is 0 Å². The van der Waals surface area contributed by atoms with Crippen LogP contribution in [0.4, 0.5) is 0 Å². The molecule has 0 aliphatic rings. The van der Waals surface area contributed by atoms with Crippen LogP contribution in [0.15, 0.2) is 5.38 Å². The molecule has 86 valence electrons. The maximum atomic E-state index is 5.22. The third kappa shape index (κ3) is 4.28. The van der Waals surface area contributed by atoms with Crippen molar-refractivity contribution in [3.05, 3.63) is 16.1 Å². The molecule has 0 fully saturated rings. The first-order chi connectivity index (χ1) is 6.92. The molecule has 1 rings (SSSR count). The summed E-state index contributed by atoms with van der Waals surface area (Å²) in [5, 5.41) is 6.54. The van der Waals surface area contributed by atoms with Crippen LogP contribution < -0.4 is 5.32 Å². The second kappa shape index (κ2) is 5.05. The molecule has 1 aromatic heterocycles. The molecule has 1 heterocycles. The molecule has 0 bridgehead atoms. The van der Waals surface area contributed by atoms with Gasteiger partial charge in [0.25, 0.3) is 0 Å². The third-order valence-corrected chi connectivity index (χ3v) is 3.13. The number of nitrogens with one attached hydrogen (secondary N) is 1. The van der Waals surface area contributed by atoms with E-state index in [1.165, 1.54) is 0 Å². The number of hydrogen-bond acceptors (Lipinski definition) is 4. The number of ether oxygens (including phenoxy) is 1. The average Bonchev–Trinajstić information content (AvgIpc) is 2.61. The lowest BCUT2D eigenvalue weighted by Crippen LogP contribution is -2.35. The Bertz CT molecular complexity index is 304. The van der Waals surface area contributed by atoms with E-state index >= 15 is 0 Å². The van der Waals surface area contributed by atoms with Crippen molar-refractivity contribution in [1.82, 2.24) is 10.3 Å². The van der Waals surface area contributed by atoms with E-state index in [9.17, 15) is 0 Å². The Morgan fingerprint density at radius 3 is 2.73 bits per heavy atom. The van der Waals surface area contributed by atoms with Crippen LogP contribution in [0.25, 0.3) is 0 Å². The van der Waals surface area contributed by atoms with E-state index in [2.05, 4.69) is 36.5 Å². The van der Waals surface area contributed by atoms with Gasteiger partial charge in [0.15, 0.2) is 0 Å². The Labute approximate surface area is 95.9 Å². The first kappa shape index (κ1) is 12.6. The summed E-state index contributed by atoms with van der Waals surface area (Å²) in [6.45, 7) is 9.28. The highest BCUT2D eigenvalue weighted by Crippen LogP contribution is 2.20. The van der Waals surface area contributed by atoms with Gasteiger partial charge in [-0.3, -0.25) is 0 Å². The van der Waals surface area contributed by atoms with Gasteiger partial charge in [-0.25, -0.2) is 4.98 Å². The zero-order chi connectivity index (χ0) is 11.5. The van der Waals surface area contributed by atoms with Gasteiger partial charge in [-0.2, -0.15) is 0 Å². The summed E-state index contributed by atoms with van der Waals surface area (Å²) >= 11 is 1.66. The molecule has 1 unspecified atom stereocenters. The topological polar surface area (TPSA) is 34.1 Å². The molecule has 0 amide bonds. The van der Waals surface area contributed by atoms with E-state index < -0.39 is 0 Å². The van der Waals surface area contributed by atoms with Gasteiger partial charge in [0.1, 0.15) is 11.1 Å². The second-order valence-electron chi connectivity index (χ2n) is 4.66. The average molecular weight is 228 g/mol. The molecular formula is C11H20N2OS. The third-order valence-electron chi connectivity index (χ3n) is 2.07. The molecule has 0 saturated carbocycles. The number of rotatable bonds is 4. The van der Waals surface area contributed by atoms with E-state index in [1.54, 1.807) is 18.4 Å². The molecule has 1 N–H and O–H groups in total. The van der Waals surface area contributed by atoms with Crippen molar-refractivity contribution in [1.29, 1.82) is 0 Å². The number of nitrogens with zero attached hydrogens (tertiary/aromatic N) is 1. The highest BCUT2D eigenvalue weighted by molar-refractivity contribution is 7.09. The zero-order valence-corrected chi connectivity index (χ0v) is 10.9. The molecule has 0 spiro atoms. The second-order valence-corrected chi connectivity index (χ2v) is 5.55. The van der Waals surface area contributed by atoms with E-state index in [4.69, 9.17) is 4.74 Å². The van der Waals surface area contributed by atoms with Crippen LogP contribution in [0, 0.1) is 0 Å². The molecule has 4 heteroatoms. The molecule has 0 saturated heterocycles. The lowest BCUT2D eigenvalue weighted by molar-refractivity contribution is 0.119. The van der Waals surface area contributed by atoms with E-state index in [0.29, 0.717) is 0 Å². The lowest BCUT2D eigenvalue weighted by atomic mass is 10.1. The largest absolute Gasteiger partial charge is 0.375 e. The summed E-state index contributed by atoms with van der Waals surface area (Å²) in [5.74, 6) is 0. The molecule has 0 aliphatic heterocycles. The normalized spacial score (nSPS) is 14.2. The van der Waals surface area contributed by atoms with Gasteiger partial charge in [0.2, 0.25) is 0 Å². The van der Waals surface area contributed by atoms with Gasteiger partial charge in [-0.15, -0.1) is 11.3 Å². The van der Waals surface area contributed by atoms with Crippen molar-refractivity contribution >= 4 is 11.3 Å². The molecular weight excluding hydrogens is 208 g/mol. The molecule has 1 atom stereocenters. The van der Waals surface area contributed by atoms with Crippen molar-refractivity contribution in [2.45, 2.75) is 45.9 Å². The van der Waals surface area contributed by atoms with Crippen molar-refractivity contribution in [2.75, 3.05) is 7.11 Å². The zero-order valence-electron chi connectivity index (χ0n) is 10.1. The highest BCUT2D eigenvalue weighted by Gasteiger charge is 2.12. The fourth-order valence-corrected chi connectivity index (χ4v) is 1.90. The monoisotopic (exact) mass is 228 g/mol. The van der Waals surface area contributed by atoms with Gasteiger partial charge in [0.05, 0.1) is 5.69 Å². The number of aromatic nitrogens is 1. The fourth-order valence-electron chi connectivity index (χ4n) is 1.05. The number of methoxy groups -OCH3 is 1. The molecule has 0 aliphatic carbocycles. The highest BCUT2D eigenvalue weighted by atomic mass is 32.1. The SMILES string of the molecule is COC(C)c1nc(CNC(C)(C)C)cs1. The Morgan fingerprint density at radius 2 is 2.20 bits per heavy atom. The summed E-state index contributed by atoms with van der Waals surface area (Å²) < 4.78 is 5.22. The Hall–Kier alpha value is -0.450. The van der Waals surface area contributed by atoms with Crippen LogP contribution >= 0.6 is 11.3 Å². The maximum Gasteiger partial charge on any atom is 0.122 e. The Morgan fingerprint density at radius 1 is 1.53 bits per heavy atom. The Balaban J connectivity index is 2.53. The van der Waals surface area contributed by atoms with Crippen LogP contribution in [-0.2, 0) is 11.3 Å². The molecule has 0 aromatic carbocycles. The van der Waals surface area contributed by atoms with Gasteiger partial charge in [-0.1, -0.05) is 0 Å². The van der Waals surface area contributed by atoms with Gasteiger partial charge >= 0.3 is 0 Å². The van der Waals surface area contributed by atoms with E-state index in [-0.39, 0.29) is 11.6 Å². The quantitative estimate of drug-likeness (QED) is 0.860. The van der Waals surface area contributed by atoms with Gasteiger partial charge < -0.3 is 10.1 Å². The fraction of sp³-hybridized carbons (Fsp3) is 0.727. The summed E-state index contributed by atoms with van der Waals surface area (Å²) in [6.07, 6.45) is 0.0957. The van der Waals surface area contributed by atoms with Crippen molar-refractivity contribution in [2.24, 2.45) is 0 Å². The molecule has 3 nitrogen and oxygen atoms in total. The lowest BCUT2D eigenvalue weighted by Gasteiger charge is -2.19. The van der Waals surface area contributed by atoms with Crippen LogP contribution in [0.3, 0.4) is 0 Å². The standard InChI is InChI=1S/C11H20N2OS/c1-8(14-5)10-13-9(7-15-10)6-12-11(2,3)4/h7-8,12H,6H2,1-5H3. The van der Waals surface area contributed by atoms with E-state index in [0.717, 1.165) is 17.2 Å². The summed E-state index contributed by atoms with van der Waals surface area (Å²) in [4.78, 5) is 4.52. The van der Waals surface area contributed by atoms with E-state index in [1.807, 2.05) is 6.92 Å².